The van der Waals surface area contributed by atoms with E-state index in [-0.39, 0.29) is 13.2 Å². The Hall–Kier alpha value is -0.430. The van der Waals surface area contributed by atoms with Gasteiger partial charge in [0.25, 0.3) is 0 Å². The zero-order valence-electron chi connectivity index (χ0n) is 8.89. The highest BCUT2D eigenvalue weighted by atomic mass is 32.3. The van der Waals surface area contributed by atoms with Gasteiger partial charge in [-0.2, -0.15) is 8.42 Å². The fourth-order valence-electron chi connectivity index (χ4n) is 0.579. The molecular formula is C8H18NO4S+. The van der Waals surface area contributed by atoms with Crippen LogP contribution in [0.3, 0.4) is 0 Å². The molecule has 0 radical (unpaired) electrons. The Morgan fingerprint density at radius 3 is 2.29 bits per heavy atom. The van der Waals surface area contributed by atoms with Crippen molar-refractivity contribution in [1.29, 1.82) is 0 Å². The summed E-state index contributed by atoms with van der Waals surface area (Å²) < 4.78 is 31.6. The van der Waals surface area contributed by atoms with Crippen LogP contribution in [0.15, 0.2) is 12.7 Å². The Labute approximate surface area is 85.8 Å². The van der Waals surface area contributed by atoms with Crippen LogP contribution in [0.2, 0.25) is 0 Å². The van der Waals surface area contributed by atoms with Gasteiger partial charge in [-0.1, -0.05) is 6.08 Å². The van der Waals surface area contributed by atoms with Gasteiger partial charge in [0.05, 0.1) is 27.7 Å². The van der Waals surface area contributed by atoms with Gasteiger partial charge < -0.3 is 4.48 Å². The van der Waals surface area contributed by atoms with Crippen molar-refractivity contribution in [3.05, 3.63) is 12.7 Å². The van der Waals surface area contributed by atoms with Gasteiger partial charge in [0.2, 0.25) is 0 Å². The Kier molecular flexibility index (Phi) is 5.28. The van der Waals surface area contributed by atoms with Gasteiger partial charge in [0.15, 0.2) is 0 Å². The van der Waals surface area contributed by atoms with Gasteiger partial charge in [0, 0.05) is 0 Å². The van der Waals surface area contributed by atoms with Gasteiger partial charge in [-0.15, -0.1) is 6.58 Å². The lowest BCUT2D eigenvalue weighted by Crippen LogP contribution is -2.38. The SMILES string of the molecule is C=CCOS(=O)(=O)OCC[N+](C)(C)C. The minimum absolute atomic E-state index is 0.0628. The van der Waals surface area contributed by atoms with Crippen LogP contribution in [0.1, 0.15) is 0 Å². The fraction of sp³-hybridized carbons (Fsp3) is 0.750. The van der Waals surface area contributed by atoms with Crippen LogP contribution >= 0.6 is 0 Å². The highest BCUT2D eigenvalue weighted by Gasteiger charge is 2.14. The van der Waals surface area contributed by atoms with Crippen LogP contribution in [-0.4, -0.2) is 53.8 Å². The summed E-state index contributed by atoms with van der Waals surface area (Å²) in [6.45, 7) is 3.98. The molecule has 0 atom stereocenters. The highest BCUT2D eigenvalue weighted by Crippen LogP contribution is 1.98. The molecule has 0 amide bonds. The summed E-state index contributed by atoms with van der Waals surface area (Å²) in [5.41, 5.74) is 0. The van der Waals surface area contributed by atoms with Crippen LogP contribution < -0.4 is 0 Å². The maximum absolute atomic E-state index is 11.0. The summed E-state index contributed by atoms with van der Waals surface area (Å²) in [6.07, 6.45) is 1.35. The van der Waals surface area contributed by atoms with Gasteiger partial charge >= 0.3 is 10.4 Å². The molecule has 0 saturated carbocycles. The van der Waals surface area contributed by atoms with Crippen molar-refractivity contribution < 1.29 is 21.3 Å². The summed E-state index contributed by atoms with van der Waals surface area (Å²) in [4.78, 5) is 0. The molecule has 0 aromatic carbocycles. The standard InChI is InChI=1S/C8H18NO4S/c1-5-7-12-14(10,11)13-8-6-9(2,3)4/h5H,1,6-8H2,2-4H3/q+1. The first-order valence-corrected chi connectivity index (χ1v) is 5.55. The Bertz CT molecular complexity index is 266. The molecule has 84 valence electrons. The molecule has 0 spiro atoms. The molecule has 0 aliphatic heterocycles. The van der Waals surface area contributed by atoms with Gasteiger partial charge in [-0.25, -0.2) is 8.37 Å². The third-order valence-electron chi connectivity index (χ3n) is 1.32. The summed E-state index contributed by atoms with van der Waals surface area (Å²) in [5, 5.41) is 0. The van der Waals surface area contributed by atoms with Crippen molar-refractivity contribution in [3.8, 4) is 0 Å². The molecule has 0 bridgehead atoms. The molecule has 5 nitrogen and oxygen atoms in total. The predicted molar refractivity (Wildman–Crippen MR) is 53.9 cm³/mol. The molecule has 0 aromatic heterocycles. The Morgan fingerprint density at radius 1 is 1.29 bits per heavy atom. The molecule has 0 aliphatic carbocycles. The number of hydrogen-bond acceptors (Lipinski definition) is 4. The van der Waals surface area contributed by atoms with E-state index in [1.807, 2.05) is 21.1 Å². The molecule has 0 unspecified atom stereocenters. The summed E-state index contributed by atoms with van der Waals surface area (Å²) in [5.74, 6) is 0. The lowest BCUT2D eigenvalue weighted by Gasteiger charge is -2.23. The van der Waals surface area contributed by atoms with Crippen LogP contribution in [-0.2, 0) is 18.8 Å². The highest BCUT2D eigenvalue weighted by molar-refractivity contribution is 7.81. The smallest absolute Gasteiger partial charge is 0.329 e. The summed E-state index contributed by atoms with van der Waals surface area (Å²) >= 11 is 0. The van der Waals surface area contributed by atoms with Gasteiger partial charge in [0.1, 0.15) is 13.2 Å². The first-order valence-electron chi connectivity index (χ1n) is 4.22. The van der Waals surface area contributed by atoms with E-state index in [9.17, 15) is 8.42 Å². The lowest BCUT2D eigenvalue weighted by molar-refractivity contribution is -0.870. The number of quaternary nitrogens is 1. The molecule has 6 heteroatoms. The van der Waals surface area contributed by atoms with Crippen molar-refractivity contribution in [1.82, 2.24) is 0 Å². The second-order valence-corrected chi connectivity index (χ2v) is 5.11. The Morgan fingerprint density at radius 2 is 1.86 bits per heavy atom. The van der Waals surface area contributed by atoms with E-state index >= 15 is 0 Å². The first-order chi connectivity index (χ1) is 6.27. The van der Waals surface area contributed by atoms with Crippen molar-refractivity contribution in [2.24, 2.45) is 0 Å². The molecule has 0 aromatic rings. The molecule has 0 rings (SSSR count). The minimum Gasteiger partial charge on any atom is -0.329 e. The van der Waals surface area contributed by atoms with E-state index in [1.165, 1.54) is 6.08 Å². The van der Waals surface area contributed by atoms with E-state index in [0.29, 0.717) is 11.0 Å². The molecule has 0 N–H and O–H groups in total. The largest absolute Gasteiger partial charge is 0.400 e. The summed E-state index contributed by atoms with van der Waals surface area (Å²) in [7, 11) is 1.99. The van der Waals surface area contributed by atoms with Gasteiger partial charge in [-0.05, 0) is 0 Å². The van der Waals surface area contributed by atoms with Crippen LogP contribution in [0.4, 0.5) is 0 Å². The molecule has 0 saturated heterocycles. The predicted octanol–water partition coefficient (Wildman–Crippen LogP) is 0.157. The van der Waals surface area contributed by atoms with E-state index < -0.39 is 10.4 Å². The van der Waals surface area contributed by atoms with Crippen molar-refractivity contribution in [2.75, 3.05) is 40.9 Å². The second-order valence-electron chi connectivity index (χ2n) is 3.82. The average Bonchev–Trinajstić information content (AvgIpc) is 1.98. The monoisotopic (exact) mass is 224 g/mol. The zero-order chi connectivity index (χ0) is 11.2. The maximum atomic E-state index is 11.0. The number of hydrogen-bond donors (Lipinski definition) is 0. The average molecular weight is 224 g/mol. The van der Waals surface area contributed by atoms with Crippen molar-refractivity contribution in [2.45, 2.75) is 0 Å². The number of nitrogens with zero attached hydrogens (tertiary/aromatic N) is 1. The number of rotatable bonds is 7. The maximum Gasteiger partial charge on any atom is 0.400 e. The molecular weight excluding hydrogens is 206 g/mol. The zero-order valence-corrected chi connectivity index (χ0v) is 9.71. The van der Waals surface area contributed by atoms with E-state index in [0.717, 1.165) is 0 Å². The third-order valence-corrected chi connectivity index (χ3v) is 2.20. The normalized spacial score (nSPS) is 12.8. The first kappa shape index (κ1) is 13.6. The van der Waals surface area contributed by atoms with Gasteiger partial charge in [-0.3, -0.25) is 0 Å². The van der Waals surface area contributed by atoms with E-state index in [4.69, 9.17) is 0 Å². The van der Waals surface area contributed by atoms with E-state index in [1.54, 1.807) is 0 Å². The topological polar surface area (TPSA) is 52.6 Å². The van der Waals surface area contributed by atoms with Crippen LogP contribution in [0.5, 0.6) is 0 Å². The van der Waals surface area contributed by atoms with Crippen LogP contribution in [0, 0.1) is 0 Å². The van der Waals surface area contributed by atoms with E-state index in [2.05, 4.69) is 14.9 Å². The molecule has 14 heavy (non-hydrogen) atoms. The quantitative estimate of drug-likeness (QED) is 0.456. The molecule has 0 aliphatic rings. The third kappa shape index (κ3) is 8.18. The van der Waals surface area contributed by atoms with Crippen LogP contribution in [0.25, 0.3) is 0 Å². The second kappa shape index (κ2) is 5.45. The Balaban J connectivity index is 3.83. The van der Waals surface area contributed by atoms with Crippen molar-refractivity contribution in [3.63, 3.8) is 0 Å². The molecule has 0 fully saturated rings. The van der Waals surface area contributed by atoms with Crippen molar-refractivity contribution >= 4 is 10.4 Å². The fourth-order valence-corrected chi connectivity index (χ4v) is 1.19. The minimum atomic E-state index is -3.85. The number of likely N-dealkylation sites (N-methyl/N-ethyl adjacent to an activating group) is 1. The molecule has 0 heterocycles. The summed E-state index contributed by atoms with van der Waals surface area (Å²) in [6, 6.07) is 0. The lowest BCUT2D eigenvalue weighted by atomic mass is 10.5.